The number of nitrogens with zero attached hydrogens (tertiary/aromatic N) is 5. The molecule has 0 fully saturated rings. The van der Waals surface area contributed by atoms with Gasteiger partial charge in [0.15, 0.2) is 12.5 Å². The van der Waals surface area contributed by atoms with Crippen LogP contribution in [0.3, 0.4) is 0 Å². The van der Waals surface area contributed by atoms with E-state index in [1.54, 1.807) is 30.1 Å². The van der Waals surface area contributed by atoms with Crippen molar-refractivity contribution in [2.75, 3.05) is 0 Å². The minimum absolute atomic E-state index is 0.0777. The van der Waals surface area contributed by atoms with Crippen LogP contribution in [-0.4, -0.2) is 30.4 Å². The number of carbonyl (C=O) groups excluding carboxylic acids is 1. The first-order valence-corrected chi connectivity index (χ1v) is 8.17. The van der Waals surface area contributed by atoms with Crippen molar-refractivity contribution in [1.82, 2.24) is 24.9 Å². The lowest BCUT2D eigenvalue weighted by Crippen LogP contribution is -2.25. The zero-order chi connectivity index (χ0) is 19.4. The van der Waals surface area contributed by atoms with Gasteiger partial charge in [0.1, 0.15) is 5.69 Å². The first-order chi connectivity index (χ1) is 13.0. The number of hydrogen-bond donors (Lipinski definition) is 1. The summed E-state index contributed by atoms with van der Waals surface area (Å²) in [6.45, 7) is 0.124. The molecule has 1 N–H and O–H groups in total. The predicted molar refractivity (Wildman–Crippen MR) is 95.3 cm³/mol. The van der Waals surface area contributed by atoms with Gasteiger partial charge in [-0.15, -0.1) is 0 Å². The SMILES string of the molecule is Cn1ncc(Cl)c1CNC(=O)c1ccn(COc2ccccc2[N+](=O)[O-])n1. The van der Waals surface area contributed by atoms with E-state index in [1.807, 2.05) is 0 Å². The number of aromatic nitrogens is 4. The second kappa shape index (κ2) is 7.87. The Morgan fingerprint density at radius 2 is 2.15 bits per heavy atom. The van der Waals surface area contributed by atoms with E-state index >= 15 is 0 Å². The van der Waals surface area contributed by atoms with Crippen molar-refractivity contribution in [3.05, 3.63) is 69.3 Å². The second-order valence-corrected chi connectivity index (χ2v) is 5.89. The van der Waals surface area contributed by atoms with E-state index in [4.69, 9.17) is 16.3 Å². The Bertz CT molecular complexity index is 963. The topological polar surface area (TPSA) is 117 Å². The van der Waals surface area contributed by atoms with Crippen molar-refractivity contribution in [2.24, 2.45) is 7.05 Å². The van der Waals surface area contributed by atoms with Gasteiger partial charge in [-0.1, -0.05) is 23.7 Å². The van der Waals surface area contributed by atoms with Gasteiger partial charge in [-0.2, -0.15) is 10.2 Å². The third-order valence-electron chi connectivity index (χ3n) is 3.71. The fourth-order valence-electron chi connectivity index (χ4n) is 2.31. The van der Waals surface area contributed by atoms with Gasteiger partial charge in [0.25, 0.3) is 5.91 Å². The molecule has 2 heterocycles. The predicted octanol–water partition coefficient (Wildman–Crippen LogP) is 2.14. The summed E-state index contributed by atoms with van der Waals surface area (Å²) >= 11 is 5.99. The average molecular weight is 391 g/mol. The largest absolute Gasteiger partial charge is 0.464 e. The van der Waals surface area contributed by atoms with Gasteiger partial charge in [-0.25, -0.2) is 4.68 Å². The molecule has 140 valence electrons. The third-order valence-corrected chi connectivity index (χ3v) is 4.03. The number of amides is 1. The smallest absolute Gasteiger partial charge is 0.311 e. The molecule has 0 saturated heterocycles. The molecule has 0 aliphatic rings. The lowest BCUT2D eigenvalue weighted by Gasteiger charge is -2.07. The summed E-state index contributed by atoms with van der Waals surface area (Å²) in [6.07, 6.45) is 3.04. The molecule has 3 aromatic rings. The second-order valence-electron chi connectivity index (χ2n) is 5.48. The number of benzene rings is 1. The van der Waals surface area contributed by atoms with E-state index in [0.717, 1.165) is 0 Å². The van der Waals surface area contributed by atoms with Crippen molar-refractivity contribution in [1.29, 1.82) is 0 Å². The fourth-order valence-corrected chi connectivity index (χ4v) is 2.54. The first kappa shape index (κ1) is 18.4. The van der Waals surface area contributed by atoms with Gasteiger partial charge in [0, 0.05) is 19.3 Å². The number of para-hydroxylation sites is 2. The highest BCUT2D eigenvalue weighted by Crippen LogP contribution is 2.25. The maximum absolute atomic E-state index is 12.2. The van der Waals surface area contributed by atoms with E-state index in [1.165, 1.54) is 29.1 Å². The number of carbonyl (C=O) groups is 1. The van der Waals surface area contributed by atoms with E-state index in [2.05, 4.69) is 15.5 Å². The number of nitro groups is 1. The van der Waals surface area contributed by atoms with Crippen molar-refractivity contribution < 1.29 is 14.5 Å². The van der Waals surface area contributed by atoms with Crippen molar-refractivity contribution in [3.63, 3.8) is 0 Å². The van der Waals surface area contributed by atoms with E-state index in [9.17, 15) is 14.9 Å². The zero-order valence-corrected chi connectivity index (χ0v) is 15.0. The highest BCUT2D eigenvalue weighted by atomic mass is 35.5. The van der Waals surface area contributed by atoms with Gasteiger partial charge < -0.3 is 10.1 Å². The molecule has 0 atom stereocenters. The molecule has 1 amide bonds. The van der Waals surface area contributed by atoms with E-state index in [0.29, 0.717) is 10.7 Å². The molecule has 3 rings (SSSR count). The highest BCUT2D eigenvalue weighted by molar-refractivity contribution is 6.31. The number of ether oxygens (including phenoxy) is 1. The van der Waals surface area contributed by atoms with Crippen LogP contribution in [0, 0.1) is 10.1 Å². The number of nitro benzene ring substituents is 1. The lowest BCUT2D eigenvalue weighted by atomic mass is 10.3. The molecular weight excluding hydrogens is 376 g/mol. The lowest BCUT2D eigenvalue weighted by molar-refractivity contribution is -0.386. The maximum Gasteiger partial charge on any atom is 0.311 e. The van der Waals surface area contributed by atoms with E-state index in [-0.39, 0.29) is 30.4 Å². The number of hydrogen-bond acceptors (Lipinski definition) is 6. The van der Waals surface area contributed by atoms with Crippen LogP contribution < -0.4 is 10.1 Å². The average Bonchev–Trinajstić information content (AvgIpc) is 3.25. The van der Waals surface area contributed by atoms with Gasteiger partial charge in [0.2, 0.25) is 0 Å². The Labute approximate surface area is 158 Å². The van der Waals surface area contributed by atoms with Crippen LogP contribution in [0.4, 0.5) is 5.69 Å². The summed E-state index contributed by atoms with van der Waals surface area (Å²) in [7, 11) is 1.72. The van der Waals surface area contributed by atoms with Gasteiger partial charge in [-0.3, -0.25) is 19.6 Å². The molecule has 0 aliphatic heterocycles. The van der Waals surface area contributed by atoms with Crippen LogP contribution in [0.25, 0.3) is 0 Å². The number of nitrogens with one attached hydrogen (secondary N) is 1. The Kier molecular flexibility index (Phi) is 5.36. The Morgan fingerprint density at radius 3 is 2.85 bits per heavy atom. The third kappa shape index (κ3) is 4.23. The van der Waals surface area contributed by atoms with Gasteiger partial charge in [-0.05, 0) is 12.1 Å². The first-order valence-electron chi connectivity index (χ1n) is 7.80. The zero-order valence-electron chi connectivity index (χ0n) is 14.2. The summed E-state index contributed by atoms with van der Waals surface area (Å²) in [5, 5.41) is 22.2. The van der Waals surface area contributed by atoms with Crippen LogP contribution in [-0.2, 0) is 20.3 Å². The van der Waals surface area contributed by atoms with Crippen molar-refractivity contribution in [2.45, 2.75) is 13.3 Å². The minimum atomic E-state index is -0.527. The molecule has 0 saturated carbocycles. The Balaban J connectivity index is 1.60. The Hall–Kier alpha value is -3.40. The van der Waals surface area contributed by atoms with Crippen LogP contribution >= 0.6 is 11.6 Å². The summed E-state index contributed by atoms with van der Waals surface area (Å²) in [5.74, 6) is -0.272. The Morgan fingerprint density at radius 1 is 1.37 bits per heavy atom. The van der Waals surface area contributed by atoms with Crippen LogP contribution in [0.5, 0.6) is 5.75 Å². The molecule has 1 aromatic carbocycles. The molecule has 11 heteroatoms. The number of halogens is 1. The van der Waals surface area contributed by atoms with Gasteiger partial charge in [0.05, 0.1) is 28.4 Å². The van der Waals surface area contributed by atoms with Crippen LogP contribution in [0.15, 0.2) is 42.7 Å². The minimum Gasteiger partial charge on any atom is -0.464 e. The standard InChI is InChI=1S/C16H15ClN6O4/c1-21-14(11(17)8-19-21)9-18-16(24)12-6-7-22(20-12)10-27-15-5-3-2-4-13(15)23(25)26/h2-8H,9-10H2,1H3,(H,18,24). The van der Waals surface area contributed by atoms with Crippen molar-refractivity contribution in [3.8, 4) is 5.75 Å². The fraction of sp³-hybridized carbons (Fsp3) is 0.188. The van der Waals surface area contributed by atoms with E-state index < -0.39 is 10.8 Å². The number of rotatable bonds is 7. The van der Waals surface area contributed by atoms with Crippen molar-refractivity contribution >= 4 is 23.2 Å². The molecule has 0 radical (unpaired) electrons. The summed E-state index contributed by atoms with van der Waals surface area (Å²) in [6, 6.07) is 7.54. The summed E-state index contributed by atoms with van der Waals surface area (Å²) in [5.41, 5.74) is 0.708. The highest BCUT2D eigenvalue weighted by Gasteiger charge is 2.15. The molecule has 0 spiro atoms. The molecule has 2 aromatic heterocycles. The molecular formula is C16H15ClN6O4. The molecule has 27 heavy (non-hydrogen) atoms. The normalized spacial score (nSPS) is 10.6. The number of aryl methyl sites for hydroxylation is 1. The molecule has 0 bridgehead atoms. The monoisotopic (exact) mass is 390 g/mol. The molecule has 0 aliphatic carbocycles. The van der Waals surface area contributed by atoms with Crippen LogP contribution in [0.1, 0.15) is 16.2 Å². The van der Waals surface area contributed by atoms with Crippen LogP contribution in [0.2, 0.25) is 5.02 Å². The molecule has 10 nitrogen and oxygen atoms in total. The van der Waals surface area contributed by atoms with Gasteiger partial charge >= 0.3 is 5.69 Å². The molecule has 0 unspecified atom stereocenters. The maximum atomic E-state index is 12.2. The summed E-state index contributed by atoms with van der Waals surface area (Å²) in [4.78, 5) is 22.7. The quantitative estimate of drug-likeness (QED) is 0.488. The summed E-state index contributed by atoms with van der Waals surface area (Å²) < 4.78 is 8.36.